The summed E-state index contributed by atoms with van der Waals surface area (Å²) in [5.41, 5.74) is 3.59. The van der Waals surface area contributed by atoms with Gasteiger partial charge in [-0.05, 0) is 41.5 Å². The van der Waals surface area contributed by atoms with E-state index < -0.39 is 0 Å². The molecule has 2 aromatic carbocycles. The van der Waals surface area contributed by atoms with Crippen LogP contribution in [0.2, 0.25) is 0 Å². The van der Waals surface area contributed by atoms with Crippen molar-refractivity contribution < 1.29 is 9.18 Å². The molecule has 1 fully saturated rings. The Kier molecular flexibility index (Phi) is 5.86. The number of thioether (sulfide) groups is 2. The molecule has 3 aromatic rings. The number of aromatic nitrogens is 4. The number of hydrogen-bond acceptors (Lipinski definition) is 6. The van der Waals surface area contributed by atoms with Crippen LogP contribution in [0.3, 0.4) is 0 Å². The monoisotopic (exact) mass is 429 g/mol. The van der Waals surface area contributed by atoms with Gasteiger partial charge in [0, 0.05) is 17.9 Å². The van der Waals surface area contributed by atoms with Crippen LogP contribution in [-0.2, 0) is 4.79 Å². The summed E-state index contributed by atoms with van der Waals surface area (Å²) in [5.74, 6) is 0.646. The summed E-state index contributed by atoms with van der Waals surface area (Å²) in [6, 6.07) is 12.6. The Bertz CT molecular complexity index is 1020. The van der Waals surface area contributed by atoms with Gasteiger partial charge in [0.25, 0.3) is 0 Å². The lowest BCUT2D eigenvalue weighted by Gasteiger charge is -2.24. The second-order valence-corrected chi connectivity index (χ2v) is 8.86. The van der Waals surface area contributed by atoms with Gasteiger partial charge in [0.2, 0.25) is 11.1 Å². The van der Waals surface area contributed by atoms with Gasteiger partial charge in [-0.3, -0.25) is 4.79 Å². The summed E-state index contributed by atoms with van der Waals surface area (Å²) in [5, 5.41) is 12.3. The van der Waals surface area contributed by atoms with Crippen molar-refractivity contribution in [3.63, 3.8) is 0 Å². The highest BCUT2D eigenvalue weighted by Gasteiger charge is 2.32. The second kappa shape index (κ2) is 8.54. The van der Waals surface area contributed by atoms with Gasteiger partial charge in [0.1, 0.15) is 11.2 Å². The first-order valence-corrected chi connectivity index (χ1v) is 11.2. The molecule has 150 valence electrons. The zero-order chi connectivity index (χ0) is 20.4. The minimum atomic E-state index is -0.293. The maximum atomic E-state index is 14.2. The number of tetrazole rings is 1. The van der Waals surface area contributed by atoms with E-state index in [4.69, 9.17) is 0 Å². The number of carbonyl (C=O) groups is 1. The van der Waals surface area contributed by atoms with E-state index in [0.29, 0.717) is 17.3 Å². The topological polar surface area (TPSA) is 63.9 Å². The van der Waals surface area contributed by atoms with Gasteiger partial charge in [-0.15, -0.1) is 16.9 Å². The standard InChI is InChI=1S/C20H20FN5OS2/c1-13-6-5-7-14(2)18(13)26-20(22-23-24-26)29-12-17(27)25-10-11-28-19(25)15-8-3-4-9-16(15)21/h3-9,19H,10-12H2,1-2H3/t19-/m1/s1. The third kappa shape index (κ3) is 4.02. The van der Waals surface area contributed by atoms with E-state index in [0.717, 1.165) is 22.6 Å². The molecule has 1 aliphatic heterocycles. The predicted octanol–water partition coefficient (Wildman–Crippen LogP) is 3.78. The van der Waals surface area contributed by atoms with Crippen LogP contribution >= 0.6 is 23.5 Å². The third-order valence-corrected chi connectivity index (χ3v) is 6.95. The number of rotatable bonds is 5. The lowest BCUT2D eigenvalue weighted by atomic mass is 10.1. The molecular weight excluding hydrogens is 409 g/mol. The molecule has 0 unspecified atom stereocenters. The van der Waals surface area contributed by atoms with Crippen molar-refractivity contribution in [1.29, 1.82) is 0 Å². The van der Waals surface area contributed by atoms with Crippen LogP contribution in [-0.4, -0.2) is 49.1 Å². The minimum absolute atomic E-state index is 0.0516. The SMILES string of the molecule is Cc1cccc(C)c1-n1nnnc1SCC(=O)N1CCS[C@@H]1c1ccccc1F. The average Bonchev–Trinajstić information content (AvgIpc) is 3.36. The number of carbonyl (C=O) groups excluding carboxylic acids is 1. The largest absolute Gasteiger partial charge is 0.325 e. The highest BCUT2D eigenvalue weighted by molar-refractivity contribution is 8.00. The van der Waals surface area contributed by atoms with Crippen LogP contribution in [0.5, 0.6) is 0 Å². The van der Waals surface area contributed by atoms with Crippen LogP contribution in [0.25, 0.3) is 5.69 Å². The van der Waals surface area contributed by atoms with E-state index in [9.17, 15) is 9.18 Å². The quantitative estimate of drug-likeness (QED) is 0.575. The number of aryl methyl sites for hydroxylation is 2. The number of hydrogen-bond donors (Lipinski definition) is 0. The smallest absolute Gasteiger partial charge is 0.234 e. The Morgan fingerprint density at radius 3 is 2.72 bits per heavy atom. The molecular formula is C20H20FN5OS2. The summed E-state index contributed by atoms with van der Waals surface area (Å²) in [4.78, 5) is 14.6. The predicted molar refractivity (Wildman–Crippen MR) is 113 cm³/mol. The van der Waals surface area contributed by atoms with Gasteiger partial charge >= 0.3 is 0 Å². The van der Waals surface area contributed by atoms with Crippen LogP contribution in [0, 0.1) is 19.7 Å². The van der Waals surface area contributed by atoms with E-state index in [1.165, 1.54) is 17.8 Å². The molecule has 0 N–H and O–H groups in total. The summed E-state index contributed by atoms with van der Waals surface area (Å²) >= 11 is 2.88. The fourth-order valence-corrected chi connectivity index (χ4v) is 5.48. The van der Waals surface area contributed by atoms with Crippen LogP contribution in [0.15, 0.2) is 47.6 Å². The normalized spacial score (nSPS) is 16.4. The Labute approximate surface area is 176 Å². The molecule has 1 atom stereocenters. The molecule has 2 heterocycles. The average molecular weight is 430 g/mol. The van der Waals surface area contributed by atoms with Crippen molar-refractivity contribution in [1.82, 2.24) is 25.1 Å². The van der Waals surface area contributed by atoms with Gasteiger partial charge in [-0.2, -0.15) is 4.68 Å². The number of para-hydroxylation sites is 1. The van der Waals surface area contributed by atoms with E-state index >= 15 is 0 Å². The number of amides is 1. The molecule has 1 aliphatic rings. The molecule has 6 nitrogen and oxygen atoms in total. The van der Waals surface area contributed by atoms with Gasteiger partial charge in [-0.25, -0.2) is 4.39 Å². The number of benzene rings is 2. The molecule has 9 heteroatoms. The summed E-state index contributed by atoms with van der Waals surface area (Å²) in [6.07, 6.45) is 0. The molecule has 0 bridgehead atoms. The van der Waals surface area contributed by atoms with Crippen molar-refractivity contribution in [3.8, 4) is 5.69 Å². The Hall–Kier alpha value is -2.39. The van der Waals surface area contributed by atoms with E-state index in [-0.39, 0.29) is 22.9 Å². The number of nitrogens with zero attached hydrogens (tertiary/aromatic N) is 5. The zero-order valence-electron chi connectivity index (χ0n) is 16.1. The summed E-state index contributed by atoms with van der Waals surface area (Å²) in [6.45, 7) is 4.61. The van der Waals surface area contributed by atoms with Crippen LogP contribution in [0.4, 0.5) is 4.39 Å². The second-order valence-electron chi connectivity index (χ2n) is 6.73. The van der Waals surface area contributed by atoms with E-state index in [2.05, 4.69) is 15.5 Å². The maximum absolute atomic E-state index is 14.2. The highest BCUT2D eigenvalue weighted by atomic mass is 32.2. The Morgan fingerprint density at radius 1 is 1.21 bits per heavy atom. The van der Waals surface area contributed by atoms with Crippen LogP contribution < -0.4 is 0 Å². The van der Waals surface area contributed by atoms with Crippen LogP contribution in [0.1, 0.15) is 22.1 Å². The molecule has 0 aliphatic carbocycles. The molecule has 1 saturated heterocycles. The maximum Gasteiger partial charge on any atom is 0.234 e. The fourth-order valence-electron chi connectivity index (χ4n) is 3.42. The van der Waals surface area contributed by atoms with Gasteiger partial charge < -0.3 is 4.90 Å². The Balaban J connectivity index is 1.50. The Morgan fingerprint density at radius 2 is 1.97 bits per heavy atom. The minimum Gasteiger partial charge on any atom is -0.325 e. The van der Waals surface area contributed by atoms with Gasteiger partial charge in [0.05, 0.1) is 11.4 Å². The molecule has 1 aromatic heterocycles. The molecule has 0 radical (unpaired) electrons. The summed E-state index contributed by atoms with van der Waals surface area (Å²) < 4.78 is 15.9. The highest BCUT2D eigenvalue weighted by Crippen LogP contribution is 2.39. The van der Waals surface area contributed by atoms with E-state index in [1.807, 2.05) is 32.0 Å². The lowest BCUT2D eigenvalue weighted by molar-refractivity contribution is -0.128. The van der Waals surface area contributed by atoms with Crippen molar-refractivity contribution in [2.45, 2.75) is 24.4 Å². The van der Waals surface area contributed by atoms with Crippen molar-refractivity contribution in [2.75, 3.05) is 18.1 Å². The first kappa shape index (κ1) is 19.9. The van der Waals surface area contributed by atoms with Gasteiger partial charge in [0.15, 0.2) is 0 Å². The van der Waals surface area contributed by atoms with Crippen molar-refractivity contribution in [3.05, 3.63) is 65.0 Å². The van der Waals surface area contributed by atoms with E-state index in [1.54, 1.807) is 39.5 Å². The third-order valence-electron chi connectivity index (χ3n) is 4.80. The molecule has 1 amide bonds. The lowest BCUT2D eigenvalue weighted by Crippen LogP contribution is -2.32. The van der Waals surface area contributed by atoms with Crippen molar-refractivity contribution in [2.24, 2.45) is 0 Å². The fraction of sp³-hybridized carbons (Fsp3) is 0.300. The molecule has 0 saturated carbocycles. The van der Waals surface area contributed by atoms with Crippen molar-refractivity contribution >= 4 is 29.4 Å². The zero-order valence-corrected chi connectivity index (χ0v) is 17.7. The van der Waals surface area contributed by atoms with Gasteiger partial charge in [-0.1, -0.05) is 48.2 Å². The molecule has 0 spiro atoms. The number of halogens is 1. The first-order chi connectivity index (χ1) is 14.1. The summed E-state index contributed by atoms with van der Waals surface area (Å²) in [7, 11) is 0. The molecule has 4 rings (SSSR count). The first-order valence-electron chi connectivity index (χ1n) is 9.19. The molecule has 29 heavy (non-hydrogen) atoms.